The van der Waals surface area contributed by atoms with Gasteiger partial charge in [0, 0.05) is 38.0 Å². The number of hydrogen-bond acceptors (Lipinski definition) is 4. The molecule has 3 aliphatic heterocycles. The summed E-state index contributed by atoms with van der Waals surface area (Å²) < 4.78 is 0. The zero-order valence-electron chi connectivity index (χ0n) is 18.2. The number of carbonyl (C=O) groups excluding carboxylic acids is 4. The van der Waals surface area contributed by atoms with Crippen molar-refractivity contribution in [3.8, 4) is 0 Å². The molecule has 1 aliphatic carbocycles. The van der Waals surface area contributed by atoms with Crippen LogP contribution in [-0.2, 0) is 14.4 Å². The monoisotopic (exact) mass is 418 g/mol. The summed E-state index contributed by atoms with van der Waals surface area (Å²) in [5.74, 6) is 0.145. The minimum atomic E-state index is -0.900. The molecule has 1 saturated carbocycles. The van der Waals surface area contributed by atoms with Crippen LogP contribution in [0.5, 0.6) is 0 Å². The van der Waals surface area contributed by atoms with Crippen molar-refractivity contribution in [1.29, 1.82) is 0 Å². The molecule has 4 fully saturated rings. The maximum atomic E-state index is 13.4. The van der Waals surface area contributed by atoms with Crippen molar-refractivity contribution in [1.82, 2.24) is 20.0 Å². The molecule has 0 radical (unpaired) electrons. The second kappa shape index (κ2) is 8.19. The van der Waals surface area contributed by atoms with Crippen LogP contribution >= 0.6 is 0 Å². The van der Waals surface area contributed by atoms with Crippen LogP contribution in [0.4, 0.5) is 4.79 Å². The molecule has 5 amide bonds. The van der Waals surface area contributed by atoms with Crippen LogP contribution in [0.1, 0.15) is 65.2 Å². The lowest BCUT2D eigenvalue weighted by Crippen LogP contribution is -2.57. The molecular formula is C22H34N4O4. The first kappa shape index (κ1) is 21.1. The van der Waals surface area contributed by atoms with E-state index in [-0.39, 0.29) is 41.6 Å². The van der Waals surface area contributed by atoms with E-state index in [9.17, 15) is 19.2 Å². The summed E-state index contributed by atoms with van der Waals surface area (Å²) in [5.41, 5.74) is -0.900. The Hall–Kier alpha value is -2.12. The maximum Gasteiger partial charge on any atom is 0.325 e. The van der Waals surface area contributed by atoms with Crippen LogP contribution < -0.4 is 5.32 Å². The summed E-state index contributed by atoms with van der Waals surface area (Å²) >= 11 is 0. The number of nitrogens with zero attached hydrogens (tertiary/aromatic N) is 3. The Bertz CT molecular complexity index is 723. The molecule has 4 aliphatic rings. The van der Waals surface area contributed by atoms with Crippen LogP contribution in [0.25, 0.3) is 0 Å². The molecule has 0 bridgehead atoms. The van der Waals surface area contributed by atoms with Crippen molar-refractivity contribution in [3.63, 3.8) is 0 Å². The van der Waals surface area contributed by atoms with E-state index in [2.05, 4.69) is 5.32 Å². The van der Waals surface area contributed by atoms with Gasteiger partial charge in [-0.25, -0.2) is 4.79 Å². The molecule has 30 heavy (non-hydrogen) atoms. The molecule has 0 aromatic rings. The fraction of sp³-hybridized carbons (Fsp3) is 0.818. The molecule has 4 rings (SSSR count). The van der Waals surface area contributed by atoms with E-state index in [4.69, 9.17) is 0 Å². The van der Waals surface area contributed by atoms with E-state index in [1.807, 2.05) is 18.7 Å². The summed E-state index contributed by atoms with van der Waals surface area (Å²) in [6.45, 7) is 5.87. The largest absolute Gasteiger partial charge is 0.342 e. The fourth-order valence-electron chi connectivity index (χ4n) is 5.58. The molecule has 8 nitrogen and oxygen atoms in total. The molecule has 3 saturated heterocycles. The maximum absolute atomic E-state index is 13.4. The molecule has 8 heteroatoms. The average molecular weight is 419 g/mol. The van der Waals surface area contributed by atoms with Crippen molar-refractivity contribution >= 4 is 23.8 Å². The van der Waals surface area contributed by atoms with E-state index in [1.165, 1.54) is 4.90 Å². The van der Waals surface area contributed by atoms with Crippen LogP contribution in [-0.4, -0.2) is 76.2 Å². The Balaban J connectivity index is 1.41. The second-order valence-electron chi connectivity index (χ2n) is 9.73. The minimum absolute atomic E-state index is 0.0740. The van der Waals surface area contributed by atoms with Gasteiger partial charge in [-0.05, 0) is 38.5 Å². The summed E-state index contributed by atoms with van der Waals surface area (Å²) in [6, 6.07) is -0.602. The number of imide groups is 1. The second-order valence-corrected chi connectivity index (χ2v) is 9.73. The number of hydrogen-bond donors (Lipinski definition) is 1. The normalized spacial score (nSPS) is 27.3. The van der Waals surface area contributed by atoms with Crippen LogP contribution in [0, 0.1) is 11.8 Å². The number of rotatable bonds is 3. The number of nitrogens with one attached hydrogen (secondary N) is 1. The Morgan fingerprint density at radius 3 is 2.27 bits per heavy atom. The van der Waals surface area contributed by atoms with Crippen LogP contribution in [0.15, 0.2) is 0 Å². The summed E-state index contributed by atoms with van der Waals surface area (Å²) in [5, 5.41) is 2.95. The van der Waals surface area contributed by atoms with Gasteiger partial charge in [0.15, 0.2) is 0 Å². The first-order chi connectivity index (χ1) is 14.3. The Morgan fingerprint density at radius 2 is 1.63 bits per heavy atom. The van der Waals surface area contributed by atoms with E-state index in [0.717, 1.165) is 38.5 Å². The molecule has 166 valence electrons. The van der Waals surface area contributed by atoms with Gasteiger partial charge in [0.05, 0.1) is 6.04 Å². The molecule has 0 aromatic heterocycles. The molecule has 1 spiro atoms. The zero-order chi connectivity index (χ0) is 21.5. The molecule has 0 aromatic carbocycles. The van der Waals surface area contributed by atoms with E-state index >= 15 is 0 Å². The first-order valence-corrected chi connectivity index (χ1v) is 11.6. The molecule has 0 unspecified atom stereocenters. The SMILES string of the molecule is CC(C)C(=O)N1CCC2(CC1)NC(=O)N([C@H]1CCCN(C(=O)C3CCCC3)C1)C2=O. The van der Waals surface area contributed by atoms with Gasteiger partial charge >= 0.3 is 6.03 Å². The number of urea groups is 1. The van der Waals surface area contributed by atoms with Crippen molar-refractivity contribution in [2.24, 2.45) is 11.8 Å². The van der Waals surface area contributed by atoms with Crippen molar-refractivity contribution in [2.45, 2.75) is 76.8 Å². The van der Waals surface area contributed by atoms with Gasteiger partial charge in [0.2, 0.25) is 11.8 Å². The number of carbonyl (C=O) groups is 4. The highest BCUT2D eigenvalue weighted by Gasteiger charge is 2.55. The minimum Gasteiger partial charge on any atom is -0.342 e. The summed E-state index contributed by atoms with van der Waals surface area (Å²) in [4.78, 5) is 56.4. The summed E-state index contributed by atoms with van der Waals surface area (Å²) in [6.07, 6.45) is 6.58. The third kappa shape index (κ3) is 3.69. The van der Waals surface area contributed by atoms with Gasteiger partial charge in [0.25, 0.3) is 5.91 Å². The molecule has 3 heterocycles. The van der Waals surface area contributed by atoms with Gasteiger partial charge in [-0.1, -0.05) is 26.7 Å². The van der Waals surface area contributed by atoms with E-state index in [0.29, 0.717) is 39.0 Å². The Morgan fingerprint density at radius 1 is 0.967 bits per heavy atom. The highest BCUT2D eigenvalue weighted by molar-refractivity contribution is 6.07. The molecule has 1 atom stereocenters. The van der Waals surface area contributed by atoms with Crippen molar-refractivity contribution < 1.29 is 19.2 Å². The quantitative estimate of drug-likeness (QED) is 0.707. The molecular weight excluding hydrogens is 384 g/mol. The number of likely N-dealkylation sites (tertiary alicyclic amines) is 2. The third-order valence-corrected chi connectivity index (χ3v) is 7.39. The van der Waals surface area contributed by atoms with Crippen LogP contribution in [0.2, 0.25) is 0 Å². The lowest BCUT2D eigenvalue weighted by atomic mass is 9.86. The first-order valence-electron chi connectivity index (χ1n) is 11.6. The van der Waals surface area contributed by atoms with Gasteiger partial charge in [-0.15, -0.1) is 0 Å². The van der Waals surface area contributed by atoms with E-state index in [1.54, 1.807) is 4.90 Å². The predicted molar refractivity (Wildman–Crippen MR) is 110 cm³/mol. The standard InChI is InChI=1S/C22H34N4O4/c1-15(2)18(27)24-12-9-22(10-13-24)20(29)26(21(30)23-22)17-8-5-11-25(14-17)19(28)16-6-3-4-7-16/h15-17H,3-14H2,1-2H3,(H,23,30)/t17-/m0/s1. The van der Waals surface area contributed by atoms with Crippen molar-refractivity contribution in [2.75, 3.05) is 26.2 Å². The lowest BCUT2D eigenvalue weighted by molar-refractivity contribution is -0.143. The van der Waals surface area contributed by atoms with Gasteiger partial charge < -0.3 is 15.1 Å². The average Bonchev–Trinajstić information content (AvgIpc) is 3.35. The number of piperidine rings is 2. The Labute approximate surface area is 178 Å². The van der Waals surface area contributed by atoms with Gasteiger partial charge in [-0.2, -0.15) is 0 Å². The zero-order valence-corrected chi connectivity index (χ0v) is 18.2. The predicted octanol–water partition coefficient (Wildman–Crippen LogP) is 1.74. The highest BCUT2D eigenvalue weighted by atomic mass is 16.2. The number of amides is 5. The lowest BCUT2D eigenvalue weighted by Gasteiger charge is -2.40. The topological polar surface area (TPSA) is 90.0 Å². The van der Waals surface area contributed by atoms with Crippen molar-refractivity contribution in [3.05, 3.63) is 0 Å². The Kier molecular flexibility index (Phi) is 5.77. The van der Waals surface area contributed by atoms with Gasteiger partial charge in [0.1, 0.15) is 5.54 Å². The van der Waals surface area contributed by atoms with Gasteiger partial charge in [-0.3, -0.25) is 19.3 Å². The smallest absolute Gasteiger partial charge is 0.325 e. The highest BCUT2D eigenvalue weighted by Crippen LogP contribution is 2.34. The van der Waals surface area contributed by atoms with Crippen LogP contribution in [0.3, 0.4) is 0 Å². The molecule has 1 N–H and O–H groups in total. The third-order valence-electron chi connectivity index (χ3n) is 7.39. The fourth-order valence-corrected chi connectivity index (χ4v) is 5.58. The summed E-state index contributed by atoms with van der Waals surface area (Å²) in [7, 11) is 0. The van der Waals surface area contributed by atoms with E-state index < -0.39 is 5.54 Å².